The Kier molecular flexibility index (Phi) is 3.30. The van der Waals surface area contributed by atoms with E-state index in [0.717, 1.165) is 15.2 Å². The first-order valence-corrected chi connectivity index (χ1v) is 6.74. The average Bonchev–Trinajstić information content (AvgIpc) is 2.88. The number of carbonyl (C=O) groups is 1. The van der Waals surface area contributed by atoms with Crippen LogP contribution in [0.2, 0.25) is 0 Å². The molecule has 3 rings (SSSR count). The highest BCUT2D eigenvalue weighted by atomic mass is 32.1. The second-order valence-electron chi connectivity index (χ2n) is 4.10. The van der Waals surface area contributed by atoms with Gasteiger partial charge in [0.25, 0.3) is 0 Å². The summed E-state index contributed by atoms with van der Waals surface area (Å²) in [4.78, 5) is 16.2. The number of para-hydroxylation sites is 1. The van der Waals surface area contributed by atoms with Crippen molar-refractivity contribution in [2.75, 3.05) is 0 Å². The number of carbonyl (C=O) groups excluding carboxylic acids is 1. The van der Waals surface area contributed by atoms with E-state index in [1.807, 2.05) is 24.3 Å². The van der Waals surface area contributed by atoms with Gasteiger partial charge >= 0.3 is 5.97 Å². The molecule has 5 nitrogen and oxygen atoms in total. The number of benzene rings is 1. The van der Waals surface area contributed by atoms with Crippen molar-refractivity contribution < 1.29 is 14.3 Å². The number of ether oxygens (including phenoxy) is 1. The van der Waals surface area contributed by atoms with E-state index in [1.54, 1.807) is 0 Å². The first-order chi connectivity index (χ1) is 9.72. The highest BCUT2D eigenvalue weighted by molar-refractivity contribution is 7.18. The third-order valence-corrected chi connectivity index (χ3v) is 3.71. The fourth-order valence-electron chi connectivity index (χ4n) is 1.74. The Morgan fingerprint density at radius 1 is 1.25 bits per heavy atom. The third-order valence-electron chi connectivity index (χ3n) is 2.70. The van der Waals surface area contributed by atoms with E-state index in [9.17, 15) is 10.0 Å². The second kappa shape index (κ2) is 5.26. The molecule has 20 heavy (non-hydrogen) atoms. The van der Waals surface area contributed by atoms with Crippen LogP contribution < -0.4 is 4.73 Å². The number of fused-ring (bicyclic) bond motifs is 1. The first-order valence-electron chi connectivity index (χ1n) is 5.93. The number of aromatic nitrogens is 2. The Labute approximate surface area is 118 Å². The Bertz CT molecular complexity index is 719. The number of rotatable bonds is 3. The van der Waals surface area contributed by atoms with Crippen LogP contribution in [0.1, 0.15) is 15.4 Å². The molecule has 0 bridgehead atoms. The number of pyridine rings is 1. The van der Waals surface area contributed by atoms with Gasteiger partial charge in [-0.3, -0.25) is 0 Å². The lowest BCUT2D eigenvalue weighted by Gasteiger charge is -2.02. The molecule has 0 unspecified atom stereocenters. The molecular weight excluding hydrogens is 276 g/mol. The van der Waals surface area contributed by atoms with E-state index in [4.69, 9.17) is 4.74 Å². The number of hydrogen-bond donors (Lipinski definition) is 0. The summed E-state index contributed by atoms with van der Waals surface area (Å²) in [6, 6.07) is 10.6. The SMILES string of the molecule is O=C(OCc1nc2ccccc2s1)c1cc[n+]([O-])cc1. The number of esters is 1. The topological polar surface area (TPSA) is 66.1 Å². The van der Waals surface area contributed by atoms with Crippen LogP contribution in [0.4, 0.5) is 0 Å². The molecule has 1 aromatic carbocycles. The summed E-state index contributed by atoms with van der Waals surface area (Å²) in [7, 11) is 0. The van der Waals surface area contributed by atoms with Gasteiger partial charge in [-0.25, -0.2) is 9.78 Å². The lowest BCUT2D eigenvalue weighted by Crippen LogP contribution is -2.24. The standard InChI is InChI=1S/C14H10N2O3S/c17-14(10-5-7-16(18)8-6-10)19-9-13-15-11-3-1-2-4-12(11)20-13/h1-8H,9H2. The maximum Gasteiger partial charge on any atom is 0.339 e. The van der Waals surface area contributed by atoms with Crippen molar-refractivity contribution in [1.29, 1.82) is 0 Å². The number of nitrogens with zero attached hydrogens (tertiary/aromatic N) is 2. The van der Waals surface area contributed by atoms with Gasteiger partial charge in [-0.1, -0.05) is 12.1 Å². The summed E-state index contributed by atoms with van der Waals surface area (Å²) in [5.41, 5.74) is 1.24. The molecule has 0 radical (unpaired) electrons. The molecule has 2 aromatic heterocycles. The van der Waals surface area contributed by atoms with Crippen LogP contribution >= 0.6 is 11.3 Å². The Balaban J connectivity index is 1.69. The lowest BCUT2D eigenvalue weighted by molar-refractivity contribution is -0.605. The van der Waals surface area contributed by atoms with Crippen molar-refractivity contribution >= 4 is 27.5 Å². The lowest BCUT2D eigenvalue weighted by atomic mass is 10.3. The van der Waals surface area contributed by atoms with Crippen LogP contribution in [0.15, 0.2) is 48.8 Å². The predicted octanol–water partition coefficient (Wildman–Crippen LogP) is 2.29. The molecule has 0 atom stereocenters. The second-order valence-corrected chi connectivity index (χ2v) is 5.21. The molecule has 0 spiro atoms. The van der Waals surface area contributed by atoms with E-state index < -0.39 is 5.97 Å². The van der Waals surface area contributed by atoms with Crippen LogP contribution in [-0.4, -0.2) is 11.0 Å². The molecule has 0 fully saturated rings. The van der Waals surface area contributed by atoms with E-state index >= 15 is 0 Å². The quantitative estimate of drug-likeness (QED) is 0.421. The molecule has 0 saturated heterocycles. The Morgan fingerprint density at radius 3 is 2.75 bits per heavy atom. The van der Waals surface area contributed by atoms with Gasteiger partial charge < -0.3 is 9.94 Å². The zero-order valence-corrected chi connectivity index (χ0v) is 11.2. The molecule has 0 N–H and O–H groups in total. The largest absolute Gasteiger partial charge is 0.619 e. The van der Waals surface area contributed by atoms with Crippen LogP contribution in [0, 0.1) is 5.21 Å². The molecule has 0 amide bonds. The average molecular weight is 286 g/mol. The van der Waals surface area contributed by atoms with Gasteiger partial charge in [-0.05, 0) is 12.1 Å². The zero-order valence-electron chi connectivity index (χ0n) is 10.4. The highest BCUT2D eigenvalue weighted by Crippen LogP contribution is 2.22. The summed E-state index contributed by atoms with van der Waals surface area (Å²) < 4.78 is 6.86. The van der Waals surface area contributed by atoms with Crippen LogP contribution in [0.3, 0.4) is 0 Å². The van der Waals surface area contributed by atoms with Gasteiger partial charge in [-0.15, -0.1) is 11.3 Å². The normalized spacial score (nSPS) is 10.6. The maximum atomic E-state index is 11.8. The van der Waals surface area contributed by atoms with E-state index in [-0.39, 0.29) is 6.61 Å². The molecule has 0 aliphatic heterocycles. The van der Waals surface area contributed by atoms with Crippen molar-refractivity contribution in [1.82, 2.24) is 4.98 Å². The molecular formula is C14H10N2O3S. The summed E-state index contributed by atoms with van der Waals surface area (Å²) in [6.45, 7) is 0.129. The molecule has 0 saturated carbocycles. The summed E-state index contributed by atoms with van der Waals surface area (Å²) in [6.07, 6.45) is 2.52. The van der Waals surface area contributed by atoms with Gasteiger partial charge in [0.15, 0.2) is 12.4 Å². The number of hydrogen-bond acceptors (Lipinski definition) is 5. The minimum atomic E-state index is -0.468. The smallest absolute Gasteiger partial charge is 0.339 e. The fourth-order valence-corrected chi connectivity index (χ4v) is 2.62. The predicted molar refractivity (Wildman–Crippen MR) is 74.1 cm³/mol. The zero-order chi connectivity index (χ0) is 13.9. The molecule has 0 aliphatic rings. The van der Waals surface area contributed by atoms with Crippen molar-refractivity contribution in [3.8, 4) is 0 Å². The third kappa shape index (κ3) is 2.60. The molecule has 100 valence electrons. The Hall–Kier alpha value is -2.47. The van der Waals surface area contributed by atoms with Gasteiger partial charge in [0.1, 0.15) is 11.6 Å². The molecule has 6 heteroatoms. The van der Waals surface area contributed by atoms with Crippen molar-refractivity contribution in [3.05, 3.63) is 64.6 Å². The van der Waals surface area contributed by atoms with Crippen LogP contribution in [0.5, 0.6) is 0 Å². The molecule has 2 heterocycles. The first kappa shape index (κ1) is 12.6. The van der Waals surface area contributed by atoms with Gasteiger partial charge in [0.05, 0.1) is 15.8 Å². The van der Waals surface area contributed by atoms with Crippen LogP contribution in [-0.2, 0) is 11.3 Å². The van der Waals surface area contributed by atoms with Crippen molar-refractivity contribution in [2.45, 2.75) is 6.61 Å². The van der Waals surface area contributed by atoms with Crippen molar-refractivity contribution in [2.24, 2.45) is 0 Å². The highest BCUT2D eigenvalue weighted by Gasteiger charge is 2.10. The number of thiazole rings is 1. The Morgan fingerprint density at radius 2 is 2.00 bits per heavy atom. The fraction of sp³-hybridized carbons (Fsp3) is 0.0714. The van der Waals surface area contributed by atoms with Crippen LogP contribution in [0.25, 0.3) is 10.2 Å². The summed E-state index contributed by atoms with van der Waals surface area (Å²) in [5.74, 6) is -0.468. The van der Waals surface area contributed by atoms with E-state index in [1.165, 1.54) is 35.9 Å². The van der Waals surface area contributed by atoms with Gasteiger partial charge in [0, 0.05) is 12.1 Å². The minimum Gasteiger partial charge on any atom is -0.619 e. The monoisotopic (exact) mass is 286 g/mol. The van der Waals surface area contributed by atoms with Gasteiger partial charge in [0.2, 0.25) is 0 Å². The van der Waals surface area contributed by atoms with Gasteiger partial charge in [-0.2, -0.15) is 4.73 Å². The maximum absolute atomic E-state index is 11.8. The summed E-state index contributed by atoms with van der Waals surface area (Å²) in [5, 5.41) is 11.6. The molecule has 0 aliphatic carbocycles. The minimum absolute atomic E-state index is 0.129. The molecule has 3 aromatic rings. The van der Waals surface area contributed by atoms with E-state index in [0.29, 0.717) is 10.3 Å². The summed E-state index contributed by atoms with van der Waals surface area (Å²) >= 11 is 1.49. The van der Waals surface area contributed by atoms with E-state index in [2.05, 4.69) is 4.98 Å². The van der Waals surface area contributed by atoms with Crippen molar-refractivity contribution in [3.63, 3.8) is 0 Å².